The van der Waals surface area contributed by atoms with Gasteiger partial charge in [-0.05, 0) is 24.3 Å². The van der Waals surface area contributed by atoms with Gasteiger partial charge in [-0.3, -0.25) is 0 Å². The number of hydrogen-bond donors (Lipinski definition) is 0. The molecule has 0 N–H and O–H groups in total. The number of morpholine rings is 1. The van der Waals surface area contributed by atoms with E-state index in [9.17, 15) is 0 Å². The molecule has 7 heteroatoms. The number of anilines is 1. The summed E-state index contributed by atoms with van der Waals surface area (Å²) < 4.78 is 11.0. The van der Waals surface area contributed by atoms with E-state index in [1.807, 2.05) is 11.0 Å². The van der Waals surface area contributed by atoms with Gasteiger partial charge in [0.2, 0.25) is 11.7 Å². The van der Waals surface area contributed by atoms with Gasteiger partial charge in [0.25, 0.3) is 0 Å². The zero-order valence-electron chi connectivity index (χ0n) is 11.7. The fourth-order valence-electron chi connectivity index (χ4n) is 2.09. The molecule has 0 unspecified atom stereocenters. The van der Waals surface area contributed by atoms with Crippen molar-refractivity contribution < 1.29 is 9.47 Å². The van der Waals surface area contributed by atoms with Gasteiger partial charge in [0.15, 0.2) is 0 Å². The molecule has 22 heavy (non-hydrogen) atoms. The zero-order chi connectivity index (χ0) is 15.4. The molecule has 1 aliphatic heterocycles. The lowest BCUT2D eigenvalue weighted by atomic mass is 10.3. The lowest BCUT2D eigenvalue weighted by Crippen LogP contribution is -2.36. The molecule has 0 aliphatic carbocycles. The second-order valence-electron chi connectivity index (χ2n) is 4.66. The molecule has 1 saturated heterocycles. The van der Waals surface area contributed by atoms with E-state index in [1.165, 1.54) is 0 Å². The maximum absolute atomic E-state index is 9.10. The number of nitriles is 1. The third-order valence-electron chi connectivity index (χ3n) is 3.16. The van der Waals surface area contributed by atoms with Crippen LogP contribution in [0.3, 0.4) is 0 Å². The van der Waals surface area contributed by atoms with E-state index in [0.29, 0.717) is 35.7 Å². The third-order valence-corrected chi connectivity index (χ3v) is 3.41. The largest absolute Gasteiger partial charge is 0.439 e. The molecular weight excluding hydrogens is 304 g/mol. The molecule has 0 radical (unpaired) electrons. The fourth-order valence-corrected chi connectivity index (χ4v) is 2.22. The van der Waals surface area contributed by atoms with Gasteiger partial charge >= 0.3 is 0 Å². The van der Waals surface area contributed by atoms with Crippen molar-refractivity contribution in [2.75, 3.05) is 31.2 Å². The Bertz CT molecular complexity index is 694. The standard InChI is InChI=1S/C15H13ClN4O2/c16-11-1-3-12(4-2-11)22-15-9-14(18-13(10-17)19-15)20-5-7-21-8-6-20/h1-4,9H,5-8H2. The van der Waals surface area contributed by atoms with Crippen molar-refractivity contribution in [3.8, 4) is 17.7 Å². The van der Waals surface area contributed by atoms with Crippen molar-refractivity contribution in [2.24, 2.45) is 0 Å². The number of hydrogen-bond acceptors (Lipinski definition) is 6. The predicted molar refractivity (Wildman–Crippen MR) is 81.3 cm³/mol. The molecule has 0 amide bonds. The van der Waals surface area contributed by atoms with Crippen molar-refractivity contribution in [2.45, 2.75) is 0 Å². The Kier molecular flexibility index (Phi) is 4.37. The van der Waals surface area contributed by atoms with Crippen LogP contribution in [0.4, 0.5) is 5.82 Å². The van der Waals surface area contributed by atoms with Gasteiger partial charge in [-0.15, -0.1) is 0 Å². The molecule has 0 atom stereocenters. The lowest BCUT2D eigenvalue weighted by Gasteiger charge is -2.27. The first-order valence-corrected chi connectivity index (χ1v) is 7.18. The number of ether oxygens (including phenoxy) is 2. The summed E-state index contributed by atoms with van der Waals surface area (Å²) in [7, 11) is 0. The molecule has 2 heterocycles. The maximum atomic E-state index is 9.10. The van der Waals surface area contributed by atoms with Crippen molar-refractivity contribution in [3.63, 3.8) is 0 Å². The molecule has 1 fully saturated rings. The van der Waals surface area contributed by atoms with Crippen LogP contribution in [0.1, 0.15) is 5.82 Å². The van der Waals surface area contributed by atoms with Crippen molar-refractivity contribution >= 4 is 17.4 Å². The van der Waals surface area contributed by atoms with Crippen molar-refractivity contribution in [1.82, 2.24) is 9.97 Å². The van der Waals surface area contributed by atoms with Gasteiger partial charge in [0.05, 0.1) is 13.2 Å². The molecule has 1 aromatic carbocycles. The van der Waals surface area contributed by atoms with E-state index in [1.54, 1.807) is 30.3 Å². The summed E-state index contributed by atoms with van der Waals surface area (Å²) in [6.45, 7) is 2.73. The van der Waals surface area contributed by atoms with Crippen LogP contribution in [-0.4, -0.2) is 36.3 Å². The van der Waals surface area contributed by atoms with E-state index in [0.717, 1.165) is 13.1 Å². The summed E-state index contributed by atoms with van der Waals surface area (Å²) in [6, 6.07) is 10.6. The minimum absolute atomic E-state index is 0.0768. The van der Waals surface area contributed by atoms with E-state index >= 15 is 0 Å². The molecule has 1 aliphatic rings. The van der Waals surface area contributed by atoms with E-state index in [4.69, 9.17) is 26.3 Å². The smallest absolute Gasteiger partial charge is 0.237 e. The topological polar surface area (TPSA) is 71.3 Å². The Morgan fingerprint density at radius 1 is 1.18 bits per heavy atom. The Morgan fingerprint density at radius 2 is 1.91 bits per heavy atom. The van der Waals surface area contributed by atoms with Crippen LogP contribution in [0.25, 0.3) is 0 Å². The van der Waals surface area contributed by atoms with E-state index < -0.39 is 0 Å². The zero-order valence-corrected chi connectivity index (χ0v) is 12.5. The van der Waals surface area contributed by atoms with Crippen molar-refractivity contribution in [3.05, 3.63) is 41.2 Å². The first kappa shape index (κ1) is 14.6. The first-order chi connectivity index (χ1) is 10.7. The Balaban J connectivity index is 1.86. The summed E-state index contributed by atoms with van der Waals surface area (Å²) in [6.07, 6.45) is 0. The Labute approximate surface area is 132 Å². The van der Waals surface area contributed by atoms with Crippen molar-refractivity contribution in [1.29, 1.82) is 5.26 Å². The van der Waals surface area contributed by atoms with Crippen LogP contribution in [-0.2, 0) is 4.74 Å². The maximum Gasteiger partial charge on any atom is 0.237 e. The summed E-state index contributed by atoms with van der Waals surface area (Å²) in [5, 5.41) is 9.72. The molecule has 1 aromatic heterocycles. The summed E-state index contributed by atoms with van der Waals surface area (Å²) in [5.74, 6) is 1.67. The van der Waals surface area contributed by atoms with Gasteiger partial charge in [0.1, 0.15) is 17.6 Å². The molecule has 0 bridgehead atoms. The fraction of sp³-hybridized carbons (Fsp3) is 0.267. The SMILES string of the molecule is N#Cc1nc(Oc2ccc(Cl)cc2)cc(N2CCOCC2)n1. The van der Waals surface area contributed by atoms with Gasteiger partial charge in [-0.25, -0.2) is 4.98 Å². The predicted octanol–water partition coefficient (Wildman–Crippen LogP) is 2.63. The average Bonchev–Trinajstić information content (AvgIpc) is 2.57. The highest BCUT2D eigenvalue weighted by Gasteiger charge is 2.15. The second-order valence-corrected chi connectivity index (χ2v) is 5.09. The third kappa shape index (κ3) is 3.45. The van der Waals surface area contributed by atoms with Crippen LogP contribution in [0.2, 0.25) is 5.02 Å². The van der Waals surface area contributed by atoms with E-state index in [2.05, 4.69) is 9.97 Å². The minimum atomic E-state index is 0.0768. The summed E-state index contributed by atoms with van der Waals surface area (Å²) >= 11 is 5.85. The number of aromatic nitrogens is 2. The molecule has 2 aromatic rings. The molecule has 0 spiro atoms. The van der Waals surface area contributed by atoms with Crippen LogP contribution < -0.4 is 9.64 Å². The summed E-state index contributed by atoms with van der Waals surface area (Å²) in [5.41, 5.74) is 0. The van der Waals surface area contributed by atoms with Crippen LogP contribution in [0.5, 0.6) is 11.6 Å². The average molecular weight is 317 g/mol. The number of benzene rings is 1. The summed E-state index contributed by atoms with van der Waals surface area (Å²) in [4.78, 5) is 10.3. The normalized spacial score (nSPS) is 14.5. The van der Waals surface area contributed by atoms with Crippen LogP contribution >= 0.6 is 11.6 Å². The minimum Gasteiger partial charge on any atom is -0.439 e. The molecule has 3 rings (SSSR count). The van der Waals surface area contributed by atoms with E-state index in [-0.39, 0.29) is 5.82 Å². The van der Waals surface area contributed by atoms with Crippen LogP contribution in [0.15, 0.2) is 30.3 Å². The quantitative estimate of drug-likeness (QED) is 0.867. The molecule has 6 nitrogen and oxygen atoms in total. The number of rotatable bonds is 3. The Hall–Kier alpha value is -2.36. The highest BCUT2D eigenvalue weighted by atomic mass is 35.5. The molecule has 112 valence electrons. The van der Waals surface area contributed by atoms with Gasteiger partial charge in [-0.2, -0.15) is 10.2 Å². The highest BCUT2D eigenvalue weighted by molar-refractivity contribution is 6.30. The van der Waals surface area contributed by atoms with Gasteiger partial charge in [0, 0.05) is 24.2 Å². The molecule has 0 saturated carbocycles. The number of nitrogens with zero attached hydrogens (tertiary/aromatic N) is 4. The number of halogens is 1. The Morgan fingerprint density at radius 3 is 2.59 bits per heavy atom. The second kappa shape index (κ2) is 6.60. The highest BCUT2D eigenvalue weighted by Crippen LogP contribution is 2.25. The lowest BCUT2D eigenvalue weighted by molar-refractivity contribution is 0.122. The first-order valence-electron chi connectivity index (χ1n) is 6.80. The monoisotopic (exact) mass is 316 g/mol. The van der Waals surface area contributed by atoms with Gasteiger partial charge in [-0.1, -0.05) is 11.6 Å². The van der Waals surface area contributed by atoms with Gasteiger partial charge < -0.3 is 14.4 Å². The van der Waals surface area contributed by atoms with Crippen LogP contribution in [0, 0.1) is 11.3 Å². The molecular formula is C15H13ClN4O2.